The molecule has 0 aliphatic carbocycles. The van der Waals surface area contributed by atoms with Crippen molar-refractivity contribution in [3.05, 3.63) is 11.9 Å². The Morgan fingerprint density at radius 1 is 1.37 bits per heavy atom. The SMILES string of the molecule is CCCc1nc(N)cc(NCC(=O)NC(C)(C)C)n1. The lowest BCUT2D eigenvalue weighted by molar-refractivity contribution is -0.120. The van der Waals surface area contributed by atoms with Gasteiger partial charge in [-0.1, -0.05) is 6.92 Å². The number of nitrogens with two attached hydrogens (primary N) is 1. The van der Waals surface area contributed by atoms with Crippen LogP contribution in [0.5, 0.6) is 0 Å². The zero-order valence-electron chi connectivity index (χ0n) is 12.1. The van der Waals surface area contributed by atoms with E-state index in [0.29, 0.717) is 17.5 Å². The van der Waals surface area contributed by atoms with Gasteiger partial charge < -0.3 is 16.4 Å². The minimum atomic E-state index is -0.239. The molecule has 0 saturated heterocycles. The van der Waals surface area contributed by atoms with Gasteiger partial charge in [0.25, 0.3) is 0 Å². The molecule has 6 heteroatoms. The lowest BCUT2D eigenvalue weighted by atomic mass is 10.1. The number of nitrogen functional groups attached to an aromatic ring is 1. The number of hydrogen-bond acceptors (Lipinski definition) is 5. The Kier molecular flexibility index (Phi) is 5.09. The summed E-state index contributed by atoms with van der Waals surface area (Å²) < 4.78 is 0. The second-order valence-corrected chi connectivity index (χ2v) is 5.50. The van der Waals surface area contributed by atoms with E-state index in [-0.39, 0.29) is 18.0 Å². The van der Waals surface area contributed by atoms with E-state index in [4.69, 9.17) is 5.73 Å². The quantitative estimate of drug-likeness (QED) is 0.747. The first-order valence-corrected chi connectivity index (χ1v) is 6.48. The minimum absolute atomic E-state index is 0.0817. The normalized spacial score (nSPS) is 11.2. The average Bonchev–Trinajstić information content (AvgIpc) is 2.24. The van der Waals surface area contributed by atoms with Crippen molar-refractivity contribution in [3.63, 3.8) is 0 Å². The Morgan fingerprint density at radius 2 is 2.05 bits per heavy atom. The summed E-state index contributed by atoms with van der Waals surface area (Å²) in [5.41, 5.74) is 5.47. The number of carbonyl (C=O) groups is 1. The lowest BCUT2D eigenvalue weighted by Gasteiger charge is -2.20. The number of aromatic nitrogens is 2. The summed E-state index contributed by atoms with van der Waals surface area (Å²) in [6, 6.07) is 1.63. The molecule has 0 aliphatic rings. The third-order valence-corrected chi connectivity index (χ3v) is 2.21. The van der Waals surface area contributed by atoms with Gasteiger partial charge >= 0.3 is 0 Å². The number of carbonyl (C=O) groups excluding carboxylic acids is 1. The van der Waals surface area contributed by atoms with E-state index in [1.165, 1.54) is 0 Å². The van der Waals surface area contributed by atoms with E-state index in [1.54, 1.807) is 6.07 Å². The maximum Gasteiger partial charge on any atom is 0.239 e. The highest BCUT2D eigenvalue weighted by Crippen LogP contribution is 2.09. The summed E-state index contributed by atoms with van der Waals surface area (Å²) in [6.07, 6.45) is 1.72. The van der Waals surface area contributed by atoms with E-state index in [9.17, 15) is 4.79 Å². The molecule has 0 saturated carbocycles. The van der Waals surface area contributed by atoms with Gasteiger partial charge in [0.15, 0.2) is 0 Å². The summed E-state index contributed by atoms with van der Waals surface area (Å²) in [4.78, 5) is 20.1. The Labute approximate surface area is 114 Å². The molecule has 0 radical (unpaired) electrons. The Bertz CT molecular complexity index is 439. The first kappa shape index (κ1) is 15.2. The molecule has 1 heterocycles. The summed E-state index contributed by atoms with van der Waals surface area (Å²) in [5.74, 6) is 1.61. The summed E-state index contributed by atoms with van der Waals surface area (Å²) in [7, 11) is 0. The molecule has 1 amide bonds. The van der Waals surface area contributed by atoms with Crippen LogP contribution in [0.25, 0.3) is 0 Å². The summed E-state index contributed by atoms with van der Waals surface area (Å²) in [6.45, 7) is 8.03. The monoisotopic (exact) mass is 265 g/mol. The van der Waals surface area contributed by atoms with Gasteiger partial charge in [-0.05, 0) is 27.2 Å². The van der Waals surface area contributed by atoms with Gasteiger partial charge in [0.1, 0.15) is 17.5 Å². The van der Waals surface area contributed by atoms with Crippen LogP contribution in [0.2, 0.25) is 0 Å². The largest absolute Gasteiger partial charge is 0.384 e. The third kappa shape index (κ3) is 6.03. The number of hydrogen-bond donors (Lipinski definition) is 3. The van der Waals surface area contributed by atoms with Crippen molar-refractivity contribution < 1.29 is 4.79 Å². The van der Waals surface area contributed by atoms with Crippen LogP contribution in [0.3, 0.4) is 0 Å². The molecule has 106 valence electrons. The van der Waals surface area contributed by atoms with Gasteiger partial charge in [-0.2, -0.15) is 0 Å². The zero-order chi connectivity index (χ0) is 14.5. The number of nitrogens with zero attached hydrogens (tertiary/aromatic N) is 2. The second kappa shape index (κ2) is 6.36. The molecule has 1 rings (SSSR count). The van der Waals surface area contributed by atoms with Crippen molar-refractivity contribution in [2.45, 2.75) is 46.1 Å². The number of nitrogens with one attached hydrogen (secondary N) is 2. The molecule has 0 atom stereocenters. The molecule has 0 bridgehead atoms. The van der Waals surface area contributed by atoms with Crippen LogP contribution in [0, 0.1) is 0 Å². The van der Waals surface area contributed by atoms with Crippen molar-refractivity contribution in [2.24, 2.45) is 0 Å². The molecular formula is C13H23N5O. The average molecular weight is 265 g/mol. The molecule has 1 aromatic rings. The fourth-order valence-corrected chi connectivity index (χ4v) is 1.58. The smallest absolute Gasteiger partial charge is 0.239 e. The first-order chi connectivity index (χ1) is 8.80. The van der Waals surface area contributed by atoms with Crippen molar-refractivity contribution >= 4 is 17.5 Å². The predicted molar refractivity (Wildman–Crippen MR) is 76.8 cm³/mol. The van der Waals surface area contributed by atoms with E-state index in [0.717, 1.165) is 12.8 Å². The minimum Gasteiger partial charge on any atom is -0.384 e. The zero-order valence-corrected chi connectivity index (χ0v) is 12.1. The molecule has 19 heavy (non-hydrogen) atoms. The topological polar surface area (TPSA) is 92.9 Å². The van der Waals surface area contributed by atoms with Gasteiger partial charge in [-0.3, -0.25) is 4.79 Å². The molecule has 0 aromatic carbocycles. The van der Waals surface area contributed by atoms with Crippen LogP contribution in [0.4, 0.5) is 11.6 Å². The molecule has 0 aliphatic heterocycles. The van der Waals surface area contributed by atoms with Gasteiger partial charge in [0.05, 0.1) is 6.54 Å². The Balaban J connectivity index is 2.60. The van der Waals surface area contributed by atoms with Crippen LogP contribution < -0.4 is 16.4 Å². The van der Waals surface area contributed by atoms with Crippen LogP contribution in [0.1, 0.15) is 39.9 Å². The lowest BCUT2D eigenvalue weighted by Crippen LogP contribution is -2.43. The highest BCUT2D eigenvalue weighted by Gasteiger charge is 2.13. The van der Waals surface area contributed by atoms with Crippen LogP contribution in [-0.4, -0.2) is 28.0 Å². The fraction of sp³-hybridized carbons (Fsp3) is 0.615. The molecule has 1 aromatic heterocycles. The fourth-order valence-electron chi connectivity index (χ4n) is 1.58. The number of aryl methyl sites for hydroxylation is 1. The van der Waals surface area contributed by atoms with E-state index >= 15 is 0 Å². The number of rotatable bonds is 5. The highest BCUT2D eigenvalue weighted by atomic mass is 16.2. The van der Waals surface area contributed by atoms with E-state index < -0.39 is 0 Å². The van der Waals surface area contributed by atoms with E-state index in [1.807, 2.05) is 20.8 Å². The van der Waals surface area contributed by atoms with Crippen LogP contribution in [0.15, 0.2) is 6.07 Å². The first-order valence-electron chi connectivity index (χ1n) is 6.48. The van der Waals surface area contributed by atoms with Crippen LogP contribution in [-0.2, 0) is 11.2 Å². The second-order valence-electron chi connectivity index (χ2n) is 5.50. The van der Waals surface area contributed by atoms with Gasteiger partial charge in [-0.15, -0.1) is 0 Å². The maximum atomic E-state index is 11.7. The molecular weight excluding hydrogens is 242 g/mol. The standard InChI is InChI=1S/C13H23N5O/c1-5-6-10-16-9(14)7-11(17-10)15-8-12(19)18-13(2,3)4/h7H,5-6,8H2,1-4H3,(H,18,19)(H3,14,15,16,17). The summed E-state index contributed by atoms with van der Waals surface area (Å²) in [5, 5.41) is 5.83. The van der Waals surface area contributed by atoms with Gasteiger partial charge in [0, 0.05) is 18.0 Å². The van der Waals surface area contributed by atoms with Crippen molar-refractivity contribution in [1.29, 1.82) is 0 Å². The predicted octanol–water partition coefficient (Wildman–Crippen LogP) is 1.34. The molecule has 0 unspecified atom stereocenters. The van der Waals surface area contributed by atoms with Crippen molar-refractivity contribution in [1.82, 2.24) is 15.3 Å². The Morgan fingerprint density at radius 3 is 2.63 bits per heavy atom. The maximum absolute atomic E-state index is 11.7. The van der Waals surface area contributed by atoms with Gasteiger partial charge in [-0.25, -0.2) is 9.97 Å². The third-order valence-electron chi connectivity index (χ3n) is 2.21. The number of amides is 1. The van der Waals surface area contributed by atoms with Crippen LogP contribution >= 0.6 is 0 Å². The van der Waals surface area contributed by atoms with E-state index in [2.05, 4.69) is 27.5 Å². The summed E-state index contributed by atoms with van der Waals surface area (Å²) >= 11 is 0. The highest BCUT2D eigenvalue weighted by molar-refractivity contribution is 5.81. The molecule has 0 fully saturated rings. The molecule has 6 nitrogen and oxygen atoms in total. The Hall–Kier alpha value is -1.85. The molecule has 0 spiro atoms. The van der Waals surface area contributed by atoms with Crippen molar-refractivity contribution in [2.75, 3.05) is 17.6 Å². The number of anilines is 2. The molecule has 4 N–H and O–H groups in total. The van der Waals surface area contributed by atoms with Crippen molar-refractivity contribution in [3.8, 4) is 0 Å². The van der Waals surface area contributed by atoms with Gasteiger partial charge in [0.2, 0.25) is 5.91 Å².